The number of nitrogens with zero attached hydrogens (tertiary/aromatic N) is 4. The lowest BCUT2D eigenvalue weighted by Gasteiger charge is -2.30. The number of aromatic amines is 1. The molecule has 2 N–H and O–H groups in total. The topological polar surface area (TPSA) is 79.0 Å². The molecule has 4 aromatic rings. The molecule has 5 heterocycles. The zero-order valence-corrected chi connectivity index (χ0v) is 16.7. The molecule has 0 amide bonds. The highest BCUT2D eigenvalue weighted by Gasteiger charge is 2.39. The smallest absolute Gasteiger partial charge is 0.227 e. The summed E-state index contributed by atoms with van der Waals surface area (Å²) in [4.78, 5) is 19.1. The molecule has 0 spiro atoms. The van der Waals surface area contributed by atoms with Crippen LogP contribution in [0.5, 0.6) is 0 Å². The van der Waals surface area contributed by atoms with Crippen LogP contribution < -0.4 is 10.2 Å². The predicted molar refractivity (Wildman–Crippen MR) is 117 cm³/mol. The summed E-state index contributed by atoms with van der Waals surface area (Å²) in [7, 11) is 0. The van der Waals surface area contributed by atoms with Crippen molar-refractivity contribution in [2.24, 2.45) is 0 Å². The Bertz CT molecular complexity index is 1240. The van der Waals surface area contributed by atoms with Gasteiger partial charge in [0.1, 0.15) is 5.65 Å². The molecule has 2 unspecified atom stereocenters. The number of fused-ring (bicyclic) bond motifs is 3. The highest BCUT2D eigenvalue weighted by molar-refractivity contribution is 5.80. The van der Waals surface area contributed by atoms with E-state index in [0.717, 1.165) is 47.6 Å². The Hall–Kier alpha value is -3.45. The third-order valence-corrected chi connectivity index (χ3v) is 6.01. The van der Waals surface area contributed by atoms with Crippen LogP contribution in [0.15, 0.2) is 55.0 Å². The van der Waals surface area contributed by atoms with Crippen molar-refractivity contribution < 1.29 is 4.74 Å². The zero-order chi connectivity index (χ0) is 20.1. The number of pyridine rings is 1. The maximum absolute atomic E-state index is 5.74. The van der Waals surface area contributed by atoms with Crippen LogP contribution in [0.3, 0.4) is 0 Å². The van der Waals surface area contributed by atoms with Crippen molar-refractivity contribution in [1.82, 2.24) is 19.9 Å². The van der Waals surface area contributed by atoms with Crippen molar-refractivity contribution in [3.63, 3.8) is 0 Å². The fraction of sp³-hybridized carbons (Fsp3) is 0.261. The summed E-state index contributed by atoms with van der Waals surface area (Å²) >= 11 is 0. The fourth-order valence-corrected chi connectivity index (χ4v) is 4.54. The lowest BCUT2D eigenvalue weighted by Crippen LogP contribution is -2.37. The first-order valence-corrected chi connectivity index (χ1v) is 10.3. The maximum Gasteiger partial charge on any atom is 0.227 e. The van der Waals surface area contributed by atoms with E-state index in [2.05, 4.69) is 56.4 Å². The molecule has 7 nitrogen and oxygen atoms in total. The van der Waals surface area contributed by atoms with E-state index in [0.29, 0.717) is 18.1 Å². The molecule has 2 saturated heterocycles. The van der Waals surface area contributed by atoms with Crippen molar-refractivity contribution in [2.75, 3.05) is 23.4 Å². The van der Waals surface area contributed by atoms with Crippen LogP contribution in [0.2, 0.25) is 0 Å². The Kier molecular flexibility index (Phi) is 3.95. The van der Waals surface area contributed by atoms with Gasteiger partial charge in [-0.25, -0.2) is 15.0 Å². The Morgan fingerprint density at radius 1 is 1.17 bits per heavy atom. The van der Waals surface area contributed by atoms with E-state index in [1.807, 2.05) is 24.5 Å². The summed E-state index contributed by atoms with van der Waals surface area (Å²) in [5.41, 5.74) is 6.19. The van der Waals surface area contributed by atoms with Gasteiger partial charge in [-0.15, -0.1) is 0 Å². The summed E-state index contributed by atoms with van der Waals surface area (Å²) in [6, 6.07) is 12.9. The summed E-state index contributed by atoms with van der Waals surface area (Å²) in [6.45, 7) is 3.99. The Labute approximate surface area is 174 Å². The van der Waals surface area contributed by atoms with Crippen molar-refractivity contribution >= 4 is 28.4 Å². The van der Waals surface area contributed by atoms with E-state index in [1.54, 1.807) is 6.20 Å². The van der Waals surface area contributed by atoms with Crippen molar-refractivity contribution in [2.45, 2.75) is 25.5 Å². The summed E-state index contributed by atoms with van der Waals surface area (Å²) < 4.78 is 5.74. The minimum Gasteiger partial charge on any atom is -0.374 e. The molecule has 7 heteroatoms. The zero-order valence-electron chi connectivity index (χ0n) is 16.7. The van der Waals surface area contributed by atoms with Gasteiger partial charge in [0.2, 0.25) is 5.95 Å². The Balaban J connectivity index is 1.24. The summed E-state index contributed by atoms with van der Waals surface area (Å²) in [5.74, 6) is 0.572. The third-order valence-electron chi connectivity index (χ3n) is 6.01. The number of rotatable bonds is 4. The van der Waals surface area contributed by atoms with E-state index >= 15 is 0 Å². The van der Waals surface area contributed by atoms with Gasteiger partial charge < -0.3 is 19.9 Å². The largest absolute Gasteiger partial charge is 0.374 e. The van der Waals surface area contributed by atoms with E-state index < -0.39 is 0 Å². The molecule has 1 aromatic carbocycles. The monoisotopic (exact) mass is 398 g/mol. The van der Waals surface area contributed by atoms with Crippen LogP contribution in [0.25, 0.3) is 22.3 Å². The highest BCUT2D eigenvalue weighted by Crippen LogP contribution is 2.35. The predicted octanol–water partition coefficient (Wildman–Crippen LogP) is 4.05. The molecule has 6 rings (SSSR count). The van der Waals surface area contributed by atoms with Crippen molar-refractivity contribution in [3.8, 4) is 11.3 Å². The standard InChI is InChI=1S/C23H22N6O/c1-14-8-17(2-3-21(14)29-12-19-10-18(29)13-30-19)27-23-25-7-5-20(28-23)16-9-15-4-6-24-22(15)26-11-16/h2-9,11,18-19H,10,12-13H2,1H3,(H,24,26)(H,25,27,28). The van der Waals surface area contributed by atoms with Gasteiger partial charge in [-0.2, -0.15) is 0 Å². The number of nitrogens with one attached hydrogen (secondary N) is 2. The van der Waals surface area contributed by atoms with Gasteiger partial charge in [0.15, 0.2) is 0 Å². The van der Waals surface area contributed by atoms with Gasteiger partial charge >= 0.3 is 0 Å². The first-order chi connectivity index (χ1) is 14.7. The average Bonchev–Trinajstić information content (AvgIpc) is 3.50. The molecule has 0 saturated carbocycles. The van der Waals surface area contributed by atoms with Crippen molar-refractivity contribution in [3.05, 3.63) is 60.6 Å². The molecule has 2 atom stereocenters. The SMILES string of the molecule is Cc1cc(Nc2nccc(-c3cnc4[nH]ccc4c3)n2)ccc1N1CC2CC1CO2. The first kappa shape index (κ1) is 17.4. The second-order valence-electron chi connectivity index (χ2n) is 8.03. The molecule has 150 valence electrons. The number of hydrogen-bond acceptors (Lipinski definition) is 6. The minimum absolute atomic E-state index is 0.392. The number of hydrogen-bond donors (Lipinski definition) is 2. The molecule has 2 fully saturated rings. The molecule has 2 bridgehead atoms. The fourth-order valence-electron chi connectivity index (χ4n) is 4.54. The molecule has 2 aliphatic rings. The van der Waals surface area contributed by atoms with Crippen LogP contribution >= 0.6 is 0 Å². The van der Waals surface area contributed by atoms with Gasteiger partial charge in [0.05, 0.1) is 24.4 Å². The number of aromatic nitrogens is 4. The van der Waals surface area contributed by atoms with E-state index in [-0.39, 0.29) is 0 Å². The first-order valence-electron chi connectivity index (χ1n) is 10.3. The molecular weight excluding hydrogens is 376 g/mol. The van der Waals surface area contributed by atoms with Crippen molar-refractivity contribution in [1.29, 1.82) is 0 Å². The number of ether oxygens (including phenoxy) is 1. The van der Waals surface area contributed by atoms with Gasteiger partial charge in [-0.05, 0) is 55.3 Å². The van der Waals surface area contributed by atoms with Gasteiger partial charge in [-0.1, -0.05) is 0 Å². The molecule has 0 aliphatic carbocycles. The minimum atomic E-state index is 0.392. The van der Waals surface area contributed by atoms with E-state index in [9.17, 15) is 0 Å². The quantitative estimate of drug-likeness (QED) is 0.540. The second-order valence-corrected chi connectivity index (χ2v) is 8.03. The summed E-state index contributed by atoms with van der Waals surface area (Å²) in [6.07, 6.45) is 7.03. The van der Waals surface area contributed by atoms with E-state index in [4.69, 9.17) is 9.72 Å². The third kappa shape index (κ3) is 2.98. The van der Waals surface area contributed by atoms with Crippen LogP contribution in [-0.4, -0.2) is 45.2 Å². The number of morpholine rings is 1. The molecule has 30 heavy (non-hydrogen) atoms. The van der Waals surface area contributed by atoms with Crippen LogP contribution in [0.4, 0.5) is 17.3 Å². The normalized spacial score (nSPS) is 20.2. The molecular formula is C23H22N6O. The molecule has 0 radical (unpaired) electrons. The number of anilines is 3. The number of aryl methyl sites for hydroxylation is 1. The molecule has 3 aromatic heterocycles. The Morgan fingerprint density at radius 2 is 2.13 bits per heavy atom. The highest BCUT2D eigenvalue weighted by atomic mass is 16.5. The molecule has 2 aliphatic heterocycles. The lowest BCUT2D eigenvalue weighted by molar-refractivity contribution is 0.0991. The van der Waals surface area contributed by atoms with Crippen LogP contribution in [0, 0.1) is 6.92 Å². The van der Waals surface area contributed by atoms with Gasteiger partial charge in [-0.3, -0.25) is 0 Å². The Morgan fingerprint density at radius 3 is 2.97 bits per heavy atom. The lowest BCUT2D eigenvalue weighted by atomic mass is 10.1. The van der Waals surface area contributed by atoms with Crippen LogP contribution in [-0.2, 0) is 4.74 Å². The van der Waals surface area contributed by atoms with E-state index in [1.165, 1.54) is 11.3 Å². The second kappa shape index (κ2) is 6.81. The van der Waals surface area contributed by atoms with Gasteiger partial charge in [0.25, 0.3) is 0 Å². The summed E-state index contributed by atoms with van der Waals surface area (Å²) in [5, 5.41) is 4.41. The van der Waals surface area contributed by atoms with Crippen LogP contribution in [0.1, 0.15) is 12.0 Å². The average molecular weight is 398 g/mol. The number of benzene rings is 1. The van der Waals surface area contributed by atoms with Gasteiger partial charge in [0, 0.05) is 47.5 Å². The maximum atomic E-state index is 5.74. The number of H-pyrrole nitrogens is 1.